The van der Waals surface area contributed by atoms with E-state index in [1.165, 1.54) is 54.6 Å². The highest BCUT2D eigenvalue weighted by Crippen LogP contribution is 2.31. The molecule has 10 heteroatoms. The van der Waals surface area contributed by atoms with Gasteiger partial charge in [0.15, 0.2) is 0 Å². The lowest BCUT2D eigenvalue weighted by atomic mass is 9.97. The highest BCUT2D eigenvalue weighted by molar-refractivity contribution is 6.13. The number of nitrogens with zero attached hydrogens (tertiary/aromatic N) is 2. The molecule has 158 valence electrons. The number of benzene rings is 3. The number of carbonyl (C=O) groups is 1. The number of non-ortho nitro benzene ring substituents is 2. The Bertz CT molecular complexity index is 1450. The minimum atomic E-state index is -0.805. The van der Waals surface area contributed by atoms with Gasteiger partial charge in [0.05, 0.1) is 9.85 Å². The van der Waals surface area contributed by atoms with E-state index in [2.05, 4.69) is 0 Å². The summed E-state index contributed by atoms with van der Waals surface area (Å²) in [6, 6.07) is 13.9. The summed E-state index contributed by atoms with van der Waals surface area (Å²) in [5.41, 5.74) is -1.42. The number of aromatic hydroxyl groups is 1. The second-order valence-corrected chi connectivity index (χ2v) is 6.72. The first-order valence-electron chi connectivity index (χ1n) is 9.10. The third kappa shape index (κ3) is 3.45. The largest absolute Gasteiger partial charge is 0.507 e. The Morgan fingerprint density at radius 1 is 0.844 bits per heavy atom. The number of carbonyl (C=O) groups excluding carboxylic acids is 1. The van der Waals surface area contributed by atoms with Crippen molar-refractivity contribution in [1.82, 2.24) is 0 Å². The van der Waals surface area contributed by atoms with Gasteiger partial charge in [-0.25, -0.2) is 0 Å². The van der Waals surface area contributed by atoms with Gasteiger partial charge in [0.25, 0.3) is 11.4 Å². The number of fused-ring (bicyclic) bond motifs is 1. The van der Waals surface area contributed by atoms with Crippen molar-refractivity contribution in [3.63, 3.8) is 0 Å². The summed E-state index contributed by atoms with van der Waals surface area (Å²) in [5.74, 6) is -1.32. The maximum Gasteiger partial charge on any atom is 0.269 e. The Hall–Kier alpha value is -4.86. The fraction of sp³-hybridized carbons (Fsp3) is 0. The molecule has 0 unspecified atom stereocenters. The van der Waals surface area contributed by atoms with Gasteiger partial charge in [0.1, 0.15) is 28.0 Å². The van der Waals surface area contributed by atoms with Gasteiger partial charge < -0.3 is 9.52 Å². The smallest absolute Gasteiger partial charge is 0.269 e. The molecule has 0 fully saturated rings. The SMILES string of the molecule is O=C(c1ccc([N+](=O)[O-])cc1)c1c(-c2ccc([N+](=O)[O-])cc2)oc2cccc(O)c2c1=O. The first kappa shape index (κ1) is 20.4. The van der Waals surface area contributed by atoms with E-state index >= 15 is 0 Å². The molecule has 0 atom stereocenters. The summed E-state index contributed by atoms with van der Waals surface area (Å²) in [7, 11) is 0. The van der Waals surface area contributed by atoms with Crippen molar-refractivity contribution in [2.75, 3.05) is 0 Å². The predicted octanol–water partition coefficient (Wildman–Crippen LogP) is 4.21. The topological polar surface area (TPSA) is 154 Å². The third-order valence-electron chi connectivity index (χ3n) is 4.81. The Morgan fingerprint density at radius 3 is 1.97 bits per heavy atom. The lowest BCUT2D eigenvalue weighted by Crippen LogP contribution is -2.18. The second kappa shape index (κ2) is 7.76. The molecule has 0 aliphatic carbocycles. The van der Waals surface area contributed by atoms with Crippen LogP contribution in [0.2, 0.25) is 0 Å². The van der Waals surface area contributed by atoms with Crippen molar-refractivity contribution < 1.29 is 24.2 Å². The van der Waals surface area contributed by atoms with Crippen LogP contribution in [0.5, 0.6) is 5.75 Å². The summed E-state index contributed by atoms with van der Waals surface area (Å²) >= 11 is 0. The van der Waals surface area contributed by atoms with E-state index in [1.807, 2.05) is 0 Å². The number of nitro groups is 2. The molecule has 1 N–H and O–H groups in total. The number of phenols is 1. The van der Waals surface area contributed by atoms with Gasteiger partial charge in [-0.2, -0.15) is 0 Å². The van der Waals surface area contributed by atoms with Crippen LogP contribution in [0.1, 0.15) is 15.9 Å². The van der Waals surface area contributed by atoms with Crippen molar-refractivity contribution in [1.29, 1.82) is 0 Å². The van der Waals surface area contributed by atoms with Crippen LogP contribution < -0.4 is 5.43 Å². The standard InChI is InChI=1S/C22H12N2O8/c25-16-2-1-3-17-18(16)21(27)19(20(26)12-4-8-14(9-5-12)23(28)29)22(32-17)13-6-10-15(11-7-13)24(30)31/h1-11,25H. The Balaban J connectivity index is 1.97. The van der Waals surface area contributed by atoms with Crippen LogP contribution >= 0.6 is 0 Å². The molecule has 0 radical (unpaired) electrons. The Labute approximate surface area is 178 Å². The van der Waals surface area contributed by atoms with E-state index in [9.17, 15) is 34.9 Å². The first-order valence-corrected chi connectivity index (χ1v) is 9.10. The zero-order valence-electron chi connectivity index (χ0n) is 16.1. The van der Waals surface area contributed by atoms with Crippen molar-refractivity contribution in [3.05, 3.63) is 108 Å². The maximum atomic E-state index is 13.3. The van der Waals surface area contributed by atoms with Crippen LogP contribution in [0.25, 0.3) is 22.3 Å². The average Bonchev–Trinajstić information content (AvgIpc) is 2.78. The molecule has 0 aliphatic rings. The maximum absolute atomic E-state index is 13.3. The van der Waals surface area contributed by atoms with Crippen molar-refractivity contribution >= 4 is 28.1 Å². The van der Waals surface area contributed by atoms with Crippen molar-refractivity contribution in [3.8, 4) is 17.1 Å². The van der Waals surface area contributed by atoms with Gasteiger partial charge in [-0.3, -0.25) is 29.8 Å². The van der Waals surface area contributed by atoms with Crippen molar-refractivity contribution in [2.45, 2.75) is 0 Å². The van der Waals surface area contributed by atoms with E-state index in [4.69, 9.17) is 4.42 Å². The van der Waals surface area contributed by atoms with Gasteiger partial charge >= 0.3 is 0 Å². The van der Waals surface area contributed by atoms with Crippen LogP contribution in [0.4, 0.5) is 11.4 Å². The summed E-state index contributed by atoms with van der Waals surface area (Å²) in [6.45, 7) is 0. The third-order valence-corrected chi connectivity index (χ3v) is 4.81. The minimum Gasteiger partial charge on any atom is -0.507 e. The molecule has 0 bridgehead atoms. The van der Waals surface area contributed by atoms with Crippen LogP contribution in [-0.2, 0) is 0 Å². The van der Waals surface area contributed by atoms with E-state index in [0.29, 0.717) is 0 Å². The van der Waals surface area contributed by atoms with Crippen molar-refractivity contribution in [2.24, 2.45) is 0 Å². The molecule has 0 aliphatic heterocycles. The van der Waals surface area contributed by atoms with Gasteiger partial charge in [-0.05, 0) is 36.4 Å². The van der Waals surface area contributed by atoms with E-state index in [-0.39, 0.29) is 45.0 Å². The molecular weight excluding hydrogens is 420 g/mol. The van der Waals surface area contributed by atoms with E-state index in [1.54, 1.807) is 0 Å². The minimum absolute atomic E-state index is 0.0131. The molecule has 1 aromatic heterocycles. The Kier molecular flexibility index (Phi) is 4.95. The highest BCUT2D eigenvalue weighted by Gasteiger charge is 2.25. The predicted molar refractivity (Wildman–Crippen MR) is 113 cm³/mol. The van der Waals surface area contributed by atoms with Gasteiger partial charge in [-0.15, -0.1) is 0 Å². The average molecular weight is 432 g/mol. The molecule has 1 heterocycles. The number of phenolic OH excluding ortho intramolecular Hbond substituents is 1. The van der Waals surface area contributed by atoms with Gasteiger partial charge in [0, 0.05) is 35.4 Å². The van der Waals surface area contributed by atoms with Crippen LogP contribution in [0, 0.1) is 20.2 Å². The van der Waals surface area contributed by atoms with E-state index in [0.717, 1.165) is 12.1 Å². The summed E-state index contributed by atoms with van der Waals surface area (Å²) < 4.78 is 5.79. The number of nitro benzene ring substituents is 2. The molecule has 4 rings (SSSR count). The molecule has 0 spiro atoms. The van der Waals surface area contributed by atoms with Gasteiger partial charge in [-0.1, -0.05) is 6.07 Å². The molecule has 32 heavy (non-hydrogen) atoms. The van der Waals surface area contributed by atoms with Crippen LogP contribution in [-0.4, -0.2) is 20.7 Å². The number of ketones is 1. The Morgan fingerprint density at radius 2 is 1.41 bits per heavy atom. The molecule has 0 saturated heterocycles. The lowest BCUT2D eigenvalue weighted by Gasteiger charge is -2.10. The zero-order valence-corrected chi connectivity index (χ0v) is 16.1. The van der Waals surface area contributed by atoms with Crippen LogP contribution in [0.3, 0.4) is 0 Å². The first-order chi connectivity index (χ1) is 15.3. The fourth-order valence-electron chi connectivity index (χ4n) is 3.24. The summed E-state index contributed by atoms with van der Waals surface area (Å²) in [5, 5.41) is 31.8. The second-order valence-electron chi connectivity index (χ2n) is 6.72. The number of hydrogen-bond acceptors (Lipinski definition) is 8. The molecule has 4 aromatic rings. The summed E-state index contributed by atoms with van der Waals surface area (Å²) in [4.78, 5) is 47.1. The van der Waals surface area contributed by atoms with Crippen LogP contribution in [0.15, 0.2) is 75.9 Å². The lowest BCUT2D eigenvalue weighted by molar-refractivity contribution is -0.385. The number of hydrogen-bond donors (Lipinski definition) is 1. The normalized spacial score (nSPS) is 10.8. The molecule has 3 aromatic carbocycles. The fourth-order valence-corrected chi connectivity index (χ4v) is 3.24. The quantitative estimate of drug-likeness (QED) is 0.279. The highest BCUT2D eigenvalue weighted by atomic mass is 16.6. The number of rotatable bonds is 5. The monoisotopic (exact) mass is 432 g/mol. The zero-order chi connectivity index (χ0) is 23.0. The summed E-state index contributed by atoms with van der Waals surface area (Å²) in [6.07, 6.45) is 0. The molecule has 0 amide bonds. The molecule has 0 saturated carbocycles. The van der Waals surface area contributed by atoms with E-state index < -0.39 is 26.6 Å². The molecular formula is C22H12N2O8. The molecule has 10 nitrogen and oxygen atoms in total. The van der Waals surface area contributed by atoms with Gasteiger partial charge in [0.2, 0.25) is 11.2 Å².